The van der Waals surface area contributed by atoms with Crippen LogP contribution in [0.25, 0.3) is 0 Å². The van der Waals surface area contributed by atoms with Crippen LogP contribution in [0.15, 0.2) is 48.5 Å². The molecule has 1 atom stereocenters. The van der Waals surface area contributed by atoms with E-state index in [4.69, 9.17) is 11.5 Å². The summed E-state index contributed by atoms with van der Waals surface area (Å²) in [7, 11) is 0. The van der Waals surface area contributed by atoms with Crippen molar-refractivity contribution < 1.29 is 5.11 Å². The van der Waals surface area contributed by atoms with Crippen LogP contribution >= 0.6 is 0 Å². The normalized spacial score (nSPS) is 12.3. The van der Waals surface area contributed by atoms with Gasteiger partial charge in [-0.15, -0.1) is 0 Å². The molecule has 2 aromatic carbocycles. The Morgan fingerprint density at radius 2 is 1.62 bits per heavy atom. The third-order valence-electron chi connectivity index (χ3n) is 2.52. The predicted molar refractivity (Wildman–Crippen MR) is 65.8 cm³/mol. The van der Waals surface area contributed by atoms with E-state index in [2.05, 4.69) is 0 Å². The summed E-state index contributed by atoms with van der Waals surface area (Å²) in [6.07, 6.45) is -0.732. The van der Waals surface area contributed by atoms with Crippen LogP contribution < -0.4 is 11.5 Å². The molecular weight excluding hydrogens is 200 g/mol. The molecule has 1 unspecified atom stereocenters. The molecule has 5 N–H and O–H groups in total. The van der Waals surface area contributed by atoms with Gasteiger partial charge in [-0.3, -0.25) is 0 Å². The van der Waals surface area contributed by atoms with Gasteiger partial charge in [0.25, 0.3) is 0 Å². The molecule has 0 radical (unpaired) electrons. The summed E-state index contributed by atoms with van der Waals surface area (Å²) in [5.74, 6) is 0. The minimum absolute atomic E-state index is 0.547. The van der Waals surface area contributed by atoms with E-state index < -0.39 is 6.10 Å². The maximum absolute atomic E-state index is 10.2. The van der Waals surface area contributed by atoms with Crippen molar-refractivity contribution in [3.05, 3.63) is 59.7 Å². The second-order valence-corrected chi connectivity index (χ2v) is 3.70. The van der Waals surface area contributed by atoms with Gasteiger partial charge in [0.2, 0.25) is 0 Å². The Labute approximate surface area is 94.3 Å². The first kappa shape index (κ1) is 10.5. The number of aliphatic hydroxyl groups excluding tert-OH is 1. The Kier molecular flexibility index (Phi) is 2.79. The molecule has 2 rings (SSSR count). The zero-order valence-corrected chi connectivity index (χ0v) is 8.80. The standard InChI is InChI=1S/C13H14N2O/c14-10-6-7-12(15)11(8-10)13(16)9-4-2-1-3-5-9/h1-8,13,16H,14-15H2. The van der Waals surface area contributed by atoms with E-state index in [0.717, 1.165) is 5.56 Å². The van der Waals surface area contributed by atoms with Crippen LogP contribution in [0, 0.1) is 0 Å². The molecule has 0 amide bonds. The molecule has 16 heavy (non-hydrogen) atoms. The van der Waals surface area contributed by atoms with Crippen molar-refractivity contribution in [1.82, 2.24) is 0 Å². The first-order valence-corrected chi connectivity index (χ1v) is 5.06. The van der Waals surface area contributed by atoms with Gasteiger partial charge in [0.15, 0.2) is 0 Å². The Balaban J connectivity index is 2.41. The lowest BCUT2D eigenvalue weighted by molar-refractivity contribution is 0.221. The zero-order chi connectivity index (χ0) is 11.5. The summed E-state index contributed by atoms with van der Waals surface area (Å²) in [5.41, 5.74) is 14.1. The van der Waals surface area contributed by atoms with Crippen LogP contribution in [0.4, 0.5) is 11.4 Å². The van der Waals surface area contributed by atoms with Crippen molar-refractivity contribution in [2.24, 2.45) is 0 Å². The topological polar surface area (TPSA) is 72.3 Å². The molecule has 0 saturated carbocycles. The zero-order valence-electron chi connectivity index (χ0n) is 8.80. The molecule has 0 aliphatic heterocycles. The lowest BCUT2D eigenvalue weighted by Gasteiger charge is -2.14. The fraction of sp³-hybridized carbons (Fsp3) is 0.0769. The number of anilines is 2. The van der Waals surface area contributed by atoms with Crippen molar-refractivity contribution in [2.45, 2.75) is 6.10 Å². The fourth-order valence-electron chi connectivity index (χ4n) is 1.64. The minimum Gasteiger partial charge on any atom is -0.399 e. The summed E-state index contributed by atoms with van der Waals surface area (Å²) in [4.78, 5) is 0. The van der Waals surface area contributed by atoms with E-state index in [-0.39, 0.29) is 0 Å². The molecule has 0 heterocycles. The predicted octanol–water partition coefficient (Wildman–Crippen LogP) is 1.93. The van der Waals surface area contributed by atoms with Crippen LogP contribution in [0.2, 0.25) is 0 Å². The van der Waals surface area contributed by atoms with Crippen LogP contribution in [-0.2, 0) is 0 Å². The van der Waals surface area contributed by atoms with E-state index in [0.29, 0.717) is 16.9 Å². The van der Waals surface area contributed by atoms with Gasteiger partial charge in [0, 0.05) is 16.9 Å². The maximum Gasteiger partial charge on any atom is 0.106 e. The SMILES string of the molecule is Nc1ccc(N)c(C(O)c2ccccc2)c1. The van der Waals surface area contributed by atoms with Crippen LogP contribution in [0.5, 0.6) is 0 Å². The number of aliphatic hydroxyl groups is 1. The number of benzene rings is 2. The van der Waals surface area contributed by atoms with Crippen molar-refractivity contribution in [3.63, 3.8) is 0 Å². The third-order valence-corrected chi connectivity index (χ3v) is 2.52. The molecular formula is C13H14N2O. The van der Waals surface area contributed by atoms with Crippen molar-refractivity contribution in [1.29, 1.82) is 0 Å². The third kappa shape index (κ3) is 1.99. The number of hydrogen-bond acceptors (Lipinski definition) is 3. The maximum atomic E-state index is 10.2. The van der Waals surface area contributed by atoms with Gasteiger partial charge in [-0.2, -0.15) is 0 Å². The lowest BCUT2D eigenvalue weighted by Crippen LogP contribution is -2.04. The molecule has 0 aliphatic rings. The number of nitrogens with two attached hydrogens (primary N) is 2. The Morgan fingerprint density at radius 1 is 0.938 bits per heavy atom. The molecule has 0 aromatic heterocycles. The van der Waals surface area contributed by atoms with Gasteiger partial charge in [0.1, 0.15) is 6.10 Å². The Hall–Kier alpha value is -2.00. The second kappa shape index (κ2) is 4.24. The van der Waals surface area contributed by atoms with Gasteiger partial charge in [-0.05, 0) is 23.8 Å². The molecule has 82 valence electrons. The van der Waals surface area contributed by atoms with Crippen LogP contribution in [0.3, 0.4) is 0 Å². The average molecular weight is 214 g/mol. The first-order chi connectivity index (χ1) is 7.68. The minimum atomic E-state index is -0.732. The molecule has 2 aromatic rings. The number of hydrogen-bond donors (Lipinski definition) is 3. The highest BCUT2D eigenvalue weighted by Gasteiger charge is 2.13. The van der Waals surface area contributed by atoms with Gasteiger partial charge in [-0.25, -0.2) is 0 Å². The van der Waals surface area contributed by atoms with Gasteiger partial charge in [0.05, 0.1) is 0 Å². The van der Waals surface area contributed by atoms with E-state index in [1.54, 1.807) is 18.2 Å². The number of nitrogen functional groups attached to an aromatic ring is 2. The summed E-state index contributed by atoms with van der Waals surface area (Å²) >= 11 is 0. The highest BCUT2D eigenvalue weighted by atomic mass is 16.3. The summed E-state index contributed by atoms with van der Waals surface area (Å²) < 4.78 is 0. The van der Waals surface area contributed by atoms with E-state index >= 15 is 0 Å². The lowest BCUT2D eigenvalue weighted by atomic mass is 10.00. The van der Waals surface area contributed by atoms with Crippen molar-refractivity contribution >= 4 is 11.4 Å². The van der Waals surface area contributed by atoms with E-state index in [9.17, 15) is 5.11 Å². The molecule has 0 spiro atoms. The highest BCUT2D eigenvalue weighted by Crippen LogP contribution is 2.27. The van der Waals surface area contributed by atoms with Gasteiger partial charge >= 0.3 is 0 Å². The largest absolute Gasteiger partial charge is 0.399 e. The summed E-state index contributed by atoms with van der Waals surface area (Å²) in [6, 6.07) is 14.5. The monoisotopic (exact) mass is 214 g/mol. The summed E-state index contributed by atoms with van der Waals surface area (Å²) in [6.45, 7) is 0. The van der Waals surface area contributed by atoms with Gasteiger partial charge in [-0.1, -0.05) is 30.3 Å². The molecule has 0 saturated heterocycles. The van der Waals surface area contributed by atoms with Gasteiger partial charge < -0.3 is 16.6 Å². The first-order valence-electron chi connectivity index (χ1n) is 5.06. The van der Waals surface area contributed by atoms with E-state index in [1.807, 2.05) is 30.3 Å². The van der Waals surface area contributed by atoms with Crippen LogP contribution in [0.1, 0.15) is 17.2 Å². The highest BCUT2D eigenvalue weighted by molar-refractivity contribution is 5.57. The Bertz CT molecular complexity index is 483. The molecule has 3 heteroatoms. The number of rotatable bonds is 2. The molecule has 0 bridgehead atoms. The van der Waals surface area contributed by atoms with E-state index in [1.165, 1.54) is 0 Å². The Morgan fingerprint density at radius 3 is 2.31 bits per heavy atom. The average Bonchev–Trinajstić information content (AvgIpc) is 2.32. The van der Waals surface area contributed by atoms with Crippen LogP contribution in [-0.4, -0.2) is 5.11 Å². The fourth-order valence-corrected chi connectivity index (χ4v) is 1.64. The smallest absolute Gasteiger partial charge is 0.106 e. The quantitative estimate of drug-likeness (QED) is 0.669. The van der Waals surface area contributed by atoms with Crippen molar-refractivity contribution in [2.75, 3.05) is 11.5 Å². The van der Waals surface area contributed by atoms with Crippen molar-refractivity contribution in [3.8, 4) is 0 Å². The summed E-state index contributed by atoms with van der Waals surface area (Å²) in [5, 5.41) is 10.2. The molecule has 0 aliphatic carbocycles. The molecule has 3 nitrogen and oxygen atoms in total. The second-order valence-electron chi connectivity index (χ2n) is 3.70. The molecule has 0 fully saturated rings.